The fourth-order valence-corrected chi connectivity index (χ4v) is 3.64. The van der Waals surface area contributed by atoms with E-state index in [2.05, 4.69) is 21.2 Å². The molecule has 7 nitrogen and oxygen atoms in total. The van der Waals surface area contributed by atoms with Crippen molar-refractivity contribution >= 4 is 27.8 Å². The summed E-state index contributed by atoms with van der Waals surface area (Å²) < 4.78 is 13.6. The van der Waals surface area contributed by atoms with Crippen molar-refractivity contribution in [3.63, 3.8) is 0 Å². The number of ether oxygens (including phenoxy) is 2. The lowest BCUT2D eigenvalue weighted by Gasteiger charge is -2.29. The summed E-state index contributed by atoms with van der Waals surface area (Å²) in [4.78, 5) is 35.5. The van der Waals surface area contributed by atoms with Crippen molar-refractivity contribution < 1.29 is 19.1 Å². The normalized spacial score (nSPS) is 23.4. The van der Waals surface area contributed by atoms with Crippen LogP contribution in [0, 0.1) is 5.41 Å². The summed E-state index contributed by atoms with van der Waals surface area (Å²) >= 11 is 3.41. The van der Waals surface area contributed by atoms with E-state index >= 15 is 0 Å². The zero-order valence-corrected chi connectivity index (χ0v) is 17.2. The number of halogens is 1. The zero-order chi connectivity index (χ0) is 19.6. The molecule has 0 atom stereocenters. The van der Waals surface area contributed by atoms with Gasteiger partial charge < -0.3 is 19.4 Å². The lowest BCUT2D eigenvalue weighted by molar-refractivity contribution is -0.151. The molecule has 1 N–H and O–H groups in total. The highest BCUT2D eigenvalue weighted by Crippen LogP contribution is 2.44. The van der Waals surface area contributed by atoms with E-state index in [9.17, 15) is 14.4 Å². The van der Waals surface area contributed by atoms with Gasteiger partial charge in [0.15, 0.2) is 0 Å². The molecule has 0 saturated heterocycles. The van der Waals surface area contributed by atoms with Gasteiger partial charge in [-0.05, 0) is 54.5 Å². The second kappa shape index (κ2) is 8.04. The van der Waals surface area contributed by atoms with Gasteiger partial charge in [0.1, 0.15) is 18.4 Å². The van der Waals surface area contributed by atoms with E-state index in [1.54, 1.807) is 13.2 Å². The highest BCUT2D eigenvalue weighted by molar-refractivity contribution is 9.10. The number of hydrogen-bond donors (Lipinski definition) is 1. The van der Waals surface area contributed by atoms with Crippen LogP contribution in [-0.2, 0) is 21.4 Å². The number of aryl methyl sites for hydroxylation is 1. The Morgan fingerprint density at radius 2 is 1.89 bits per heavy atom. The van der Waals surface area contributed by atoms with E-state index in [1.807, 2.05) is 6.92 Å². The van der Waals surface area contributed by atoms with Crippen molar-refractivity contribution in [1.82, 2.24) is 9.88 Å². The highest BCUT2D eigenvalue weighted by atomic mass is 79.9. The molecule has 148 valence electrons. The molecule has 1 heterocycles. The molecule has 1 aromatic rings. The number of carbonyl (C=O) groups is 2. The third kappa shape index (κ3) is 5.12. The van der Waals surface area contributed by atoms with Crippen molar-refractivity contribution in [1.29, 1.82) is 0 Å². The van der Waals surface area contributed by atoms with Crippen LogP contribution in [0.15, 0.2) is 21.5 Å². The Hall–Kier alpha value is -1.83. The Morgan fingerprint density at radius 1 is 1.26 bits per heavy atom. The Kier molecular flexibility index (Phi) is 5.93. The molecule has 0 radical (unpaired) electrons. The molecule has 27 heavy (non-hydrogen) atoms. The maximum atomic E-state index is 11.9. The van der Waals surface area contributed by atoms with Gasteiger partial charge in [-0.2, -0.15) is 0 Å². The molecule has 1 aromatic heterocycles. The molecule has 0 spiro atoms. The van der Waals surface area contributed by atoms with E-state index in [-0.39, 0.29) is 35.6 Å². The van der Waals surface area contributed by atoms with Gasteiger partial charge in [0, 0.05) is 24.7 Å². The summed E-state index contributed by atoms with van der Waals surface area (Å²) in [6.07, 6.45) is 6.14. The Bertz CT molecular complexity index is 779. The third-order valence-electron chi connectivity index (χ3n) is 5.30. The van der Waals surface area contributed by atoms with Crippen molar-refractivity contribution in [2.24, 2.45) is 12.5 Å². The molecule has 1 amide bonds. The van der Waals surface area contributed by atoms with Crippen molar-refractivity contribution in [2.45, 2.75) is 57.7 Å². The molecule has 3 rings (SSSR count). The fraction of sp³-hybridized carbons (Fsp3) is 0.632. The first-order valence-electron chi connectivity index (χ1n) is 9.27. The lowest BCUT2D eigenvalue weighted by Crippen LogP contribution is -2.37. The number of esters is 1. The van der Waals surface area contributed by atoms with E-state index in [1.165, 1.54) is 10.6 Å². The van der Waals surface area contributed by atoms with Crippen molar-refractivity contribution in [3.05, 3.63) is 27.1 Å². The van der Waals surface area contributed by atoms with Crippen LogP contribution in [0.25, 0.3) is 0 Å². The minimum atomic E-state index is -0.397. The molecule has 0 unspecified atom stereocenters. The fourth-order valence-electron chi connectivity index (χ4n) is 3.13. The molecule has 0 bridgehead atoms. The predicted octanol–water partition coefficient (Wildman–Crippen LogP) is 2.30. The molecule has 8 heteroatoms. The second-order valence-corrected chi connectivity index (χ2v) is 8.54. The highest BCUT2D eigenvalue weighted by Gasteiger charge is 2.44. The number of nitrogens with zero attached hydrogens (tertiary/aromatic N) is 1. The average molecular weight is 441 g/mol. The number of rotatable bonds is 6. The monoisotopic (exact) mass is 440 g/mol. The van der Waals surface area contributed by atoms with Crippen LogP contribution >= 0.6 is 15.9 Å². The topological polar surface area (TPSA) is 86.6 Å². The third-order valence-corrected chi connectivity index (χ3v) is 5.89. The summed E-state index contributed by atoms with van der Waals surface area (Å²) in [7, 11) is 1.68. The minimum absolute atomic E-state index is 0.0159. The van der Waals surface area contributed by atoms with Crippen LogP contribution in [0.3, 0.4) is 0 Å². The molecule has 2 aliphatic rings. The molecular weight excluding hydrogens is 416 g/mol. The van der Waals surface area contributed by atoms with Gasteiger partial charge in [-0.3, -0.25) is 14.4 Å². The van der Waals surface area contributed by atoms with Crippen LogP contribution in [0.5, 0.6) is 5.75 Å². The summed E-state index contributed by atoms with van der Waals surface area (Å²) in [5.74, 6) is 0.0669. The predicted molar refractivity (Wildman–Crippen MR) is 102 cm³/mol. The number of carbonyl (C=O) groups excluding carboxylic acids is 2. The Morgan fingerprint density at radius 3 is 2.52 bits per heavy atom. The van der Waals surface area contributed by atoms with E-state index in [0.29, 0.717) is 18.6 Å². The van der Waals surface area contributed by atoms with Crippen LogP contribution in [0.2, 0.25) is 0 Å². The molecule has 2 fully saturated rings. The zero-order valence-electron chi connectivity index (χ0n) is 15.6. The van der Waals surface area contributed by atoms with Gasteiger partial charge in [-0.1, -0.05) is 6.92 Å². The van der Waals surface area contributed by atoms with Crippen molar-refractivity contribution in [3.8, 4) is 5.75 Å². The minimum Gasteiger partial charge on any atom is -0.489 e. The number of pyridine rings is 1. The van der Waals surface area contributed by atoms with Crippen LogP contribution < -0.4 is 15.6 Å². The first kappa shape index (κ1) is 19.9. The van der Waals surface area contributed by atoms with Gasteiger partial charge in [0.25, 0.3) is 5.56 Å². The lowest BCUT2D eigenvalue weighted by atomic mass is 9.95. The summed E-state index contributed by atoms with van der Waals surface area (Å²) in [6, 6.07) is 1.47. The average Bonchev–Trinajstić information content (AvgIpc) is 3.38. The van der Waals surface area contributed by atoms with Gasteiger partial charge in [-0.25, -0.2) is 0 Å². The quantitative estimate of drug-likeness (QED) is 0.685. The van der Waals surface area contributed by atoms with E-state index in [4.69, 9.17) is 9.47 Å². The van der Waals surface area contributed by atoms with E-state index in [0.717, 1.165) is 30.2 Å². The smallest absolute Gasteiger partial charge is 0.325 e. The maximum absolute atomic E-state index is 11.9. The van der Waals surface area contributed by atoms with Crippen molar-refractivity contribution in [2.75, 3.05) is 6.54 Å². The number of hydrogen-bond acceptors (Lipinski definition) is 5. The van der Waals surface area contributed by atoms with Gasteiger partial charge in [-0.15, -0.1) is 0 Å². The van der Waals surface area contributed by atoms with E-state index < -0.39 is 5.97 Å². The Labute approximate surface area is 166 Å². The first-order valence-corrected chi connectivity index (χ1v) is 10.1. The molecular formula is C19H25BrN2O5. The first-order chi connectivity index (χ1) is 12.8. The van der Waals surface area contributed by atoms with Gasteiger partial charge in [0.05, 0.1) is 10.6 Å². The second-order valence-electron chi connectivity index (χ2n) is 7.68. The molecule has 0 aliphatic heterocycles. The summed E-state index contributed by atoms with van der Waals surface area (Å²) in [5.41, 5.74) is -0.416. The number of amides is 1. The van der Waals surface area contributed by atoms with Crippen LogP contribution in [0.4, 0.5) is 0 Å². The van der Waals surface area contributed by atoms with Gasteiger partial charge in [0.2, 0.25) is 5.91 Å². The SMILES string of the molecule is Cn1cc(Br)c(O[C@H]2CC[C@H](OC(=O)CNC(=O)C3(C)CC3)CC2)cc1=O. The Balaban J connectivity index is 1.41. The van der Waals surface area contributed by atoms with Gasteiger partial charge >= 0.3 is 5.97 Å². The number of aromatic nitrogens is 1. The molecule has 0 aromatic carbocycles. The van der Waals surface area contributed by atoms with Crippen LogP contribution in [-0.4, -0.2) is 35.2 Å². The molecule has 2 aliphatic carbocycles. The van der Waals surface area contributed by atoms with Crippen LogP contribution in [0.1, 0.15) is 45.4 Å². The summed E-state index contributed by atoms with van der Waals surface area (Å²) in [6.45, 7) is 1.82. The number of nitrogens with one attached hydrogen (secondary N) is 1. The summed E-state index contributed by atoms with van der Waals surface area (Å²) in [5, 5.41) is 2.66. The standard InChI is InChI=1S/C19H25BrN2O5/c1-19(7-8-19)18(25)21-10-17(24)27-13-5-3-12(4-6-13)26-15-9-16(23)22(2)11-14(15)20/h9,11-13H,3-8,10H2,1-2H3,(H,21,25)/t12-,13-. The largest absolute Gasteiger partial charge is 0.489 e. The maximum Gasteiger partial charge on any atom is 0.325 e. The molecule has 2 saturated carbocycles.